The smallest absolute Gasteiger partial charge is 0.0700 e. The van der Waals surface area contributed by atoms with E-state index in [0.717, 1.165) is 19.1 Å². The largest absolute Gasteiger partial charge is 0.382 e. The summed E-state index contributed by atoms with van der Waals surface area (Å²) in [5.41, 5.74) is 0.508. The summed E-state index contributed by atoms with van der Waals surface area (Å²) in [6.45, 7) is 10.2. The van der Waals surface area contributed by atoms with Gasteiger partial charge in [0.25, 0.3) is 0 Å². The lowest BCUT2D eigenvalue weighted by Gasteiger charge is -2.18. The van der Waals surface area contributed by atoms with E-state index >= 15 is 0 Å². The topological polar surface area (TPSA) is 30.5 Å². The molecule has 0 bridgehead atoms. The van der Waals surface area contributed by atoms with Gasteiger partial charge in [0, 0.05) is 19.7 Å². The fraction of sp³-hybridized carbons (Fsp3) is 1.00. The van der Waals surface area contributed by atoms with Gasteiger partial charge in [-0.25, -0.2) is 0 Å². The van der Waals surface area contributed by atoms with Crippen LogP contribution in [-0.4, -0.2) is 39.5 Å². The van der Waals surface area contributed by atoms with Crippen LogP contribution in [-0.2, 0) is 9.47 Å². The van der Waals surface area contributed by atoms with Crippen LogP contribution in [0.25, 0.3) is 0 Å². The molecule has 16 heavy (non-hydrogen) atoms. The molecule has 3 heteroatoms. The highest BCUT2D eigenvalue weighted by molar-refractivity contribution is 4.90. The van der Waals surface area contributed by atoms with E-state index in [4.69, 9.17) is 9.47 Å². The minimum atomic E-state index is 0.508. The van der Waals surface area contributed by atoms with Crippen LogP contribution >= 0.6 is 0 Å². The Balaban J connectivity index is 2.05. The van der Waals surface area contributed by atoms with Gasteiger partial charge in [0.05, 0.1) is 19.8 Å². The van der Waals surface area contributed by atoms with Crippen LogP contribution in [0.2, 0.25) is 0 Å². The molecule has 0 spiro atoms. The maximum absolute atomic E-state index is 5.43. The van der Waals surface area contributed by atoms with E-state index in [1.54, 1.807) is 7.11 Å². The van der Waals surface area contributed by atoms with Gasteiger partial charge in [-0.2, -0.15) is 0 Å². The lowest BCUT2D eigenvalue weighted by molar-refractivity contribution is 0.0706. The maximum Gasteiger partial charge on any atom is 0.0700 e. The Morgan fingerprint density at radius 1 is 1.19 bits per heavy atom. The average molecular weight is 229 g/mol. The number of rotatable bonds is 7. The first-order valence-corrected chi connectivity index (χ1v) is 6.35. The van der Waals surface area contributed by atoms with Crippen LogP contribution in [0.4, 0.5) is 0 Å². The quantitative estimate of drug-likeness (QED) is 0.678. The third-order valence-corrected chi connectivity index (χ3v) is 3.42. The second kappa shape index (κ2) is 6.58. The van der Waals surface area contributed by atoms with Crippen LogP contribution in [0.3, 0.4) is 0 Å². The molecule has 0 aromatic carbocycles. The molecule has 1 rings (SSSR count). The van der Waals surface area contributed by atoms with E-state index < -0.39 is 0 Å². The Morgan fingerprint density at radius 2 is 1.94 bits per heavy atom. The van der Waals surface area contributed by atoms with E-state index in [2.05, 4.69) is 26.1 Å². The molecule has 0 saturated heterocycles. The Morgan fingerprint density at radius 3 is 2.50 bits per heavy atom. The Kier molecular flexibility index (Phi) is 5.73. The molecule has 0 heterocycles. The van der Waals surface area contributed by atoms with Crippen molar-refractivity contribution in [3.8, 4) is 0 Å². The molecule has 0 aromatic heterocycles. The van der Waals surface area contributed by atoms with Crippen molar-refractivity contribution in [3.63, 3.8) is 0 Å². The lowest BCUT2D eigenvalue weighted by atomic mass is 9.91. The molecule has 2 atom stereocenters. The van der Waals surface area contributed by atoms with Crippen molar-refractivity contribution >= 4 is 0 Å². The van der Waals surface area contributed by atoms with Gasteiger partial charge in [0.1, 0.15) is 0 Å². The molecular formula is C13H27NO2. The van der Waals surface area contributed by atoms with Crippen LogP contribution in [0.5, 0.6) is 0 Å². The molecule has 1 aliphatic carbocycles. The highest BCUT2D eigenvalue weighted by atomic mass is 16.5. The summed E-state index contributed by atoms with van der Waals surface area (Å²) >= 11 is 0. The number of ether oxygens (including phenoxy) is 2. The summed E-state index contributed by atoms with van der Waals surface area (Å²) in [4.78, 5) is 0. The molecule has 96 valence electrons. The van der Waals surface area contributed by atoms with Gasteiger partial charge in [-0.1, -0.05) is 20.8 Å². The fourth-order valence-electron chi connectivity index (χ4n) is 2.73. The second-order valence-corrected chi connectivity index (χ2v) is 5.72. The SMILES string of the molecule is COCCOCCN[C@@H]1CC(C)(C)C[C@@H]1C. The summed E-state index contributed by atoms with van der Waals surface area (Å²) in [7, 11) is 1.70. The second-order valence-electron chi connectivity index (χ2n) is 5.72. The van der Waals surface area contributed by atoms with E-state index in [1.165, 1.54) is 12.8 Å². The van der Waals surface area contributed by atoms with Gasteiger partial charge in [-0.15, -0.1) is 0 Å². The van der Waals surface area contributed by atoms with Crippen LogP contribution < -0.4 is 5.32 Å². The summed E-state index contributed by atoms with van der Waals surface area (Å²) in [5, 5.41) is 3.60. The molecule has 0 aliphatic heterocycles. The summed E-state index contributed by atoms with van der Waals surface area (Å²) in [6.07, 6.45) is 2.61. The number of hydrogen-bond donors (Lipinski definition) is 1. The minimum Gasteiger partial charge on any atom is -0.382 e. The van der Waals surface area contributed by atoms with Crippen molar-refractivity contribution in [1.82, 2.24) is 5.32 Å². The predicted molar refractivity (Wildman–Crippen MR) is 66.7 cm³/mol. The lowest BCUT2D eigenvalue weighted by Crippen LogP contribution is -2.34. The van der Waals surface area contributed by atoms with E-state index in [9.17, 15) is 0 Å². The zero-order chi connectivity index (χ0) is 12.0. The predicted octanol–water partition coefficient (Wildman–Crippen LogP) is 2.06. The van der Waals surface area contributed by atoms with Gasteiger partial charge in [-0.05, 0) is 24.2 Å². The molecule has 1 aliphatic rings. The van der Waals surface area contributed by atoms with Crippen molar-refractivity contribution < 1.29 is 9.47 Å². The number of methoxy groups -OCH3 is 1. The van der Waals surface area contributed by atoms with Gasteiger partial charge in [-0.3, -0.25) is 0 Å². The maximum atomic E-state index is 5.43. The van der Waals surface area contributed by atoms with Gasteiger partial charge < -0.3 is 14.8 Å². The van der Waals surface area contributed by atoms with Crippen LogP contribution in [0.1, 0.15) is 33.6 Å². The highest BCUT2D eigenvalue weighted by Gasteiger charge is 2.35. The first-order chi connectivity index (χ1) is 7.55. The molecule has 3 nitrogen and oxygen atoms in total. The Bertz CT molecular complexity index is 194. The Labute approximate surface area is 99.9 Å². The third-order valence-electron chi connectivity index (χ3n) is 3.42. The van der Waals surface area contributed by atoms with Gasteiger partial charge in [0.2, 0.25) is 0 Å². The van der Waals surface area contributed by atoms with Crippen molar-refractivity contribution in [2.45, 2.75) is 39.7 Å². The molecule has 0 unspecified atom stereocenters. The Hall–Kier alpha value is -0.120. The van der Waals surface area contributed by atoms with Crippen LogP contribution in [0.15, 0.2) is 0 Å². The molecule has 0 radical (unpaired) electrons. The van der Waals surface area contributed by atoms with E-state index in [-0.39, 0.29) is 0 Å². The minimum absolute atomic E-state index is 0.508. The van der Waals surface area contributed by atoms with E-state index in [0.29, 0.717) is 24.7 Å². The summed E-state index contributed by atoms with van der Waals surface area (Å²) in [6, 6.07) is 0.668. The van der Waals surface area contributed by atoms with E-state index in [1.807, 2.05) is 0 Å². The molecule has 0 amide bonds. The van der Waals surface area contributed by atoms with Crippen molar-refractivity contribution in [3.05, 3.63) is 0 Å². The number of hydrogen-bond acceptors (Lipinski definition) is 3. The summed E-state index contributed by atoms with van der Waals surface area (Å²) in [5.74, 6) is 0.786. The normalized spacial score (nSPS) is 28.5. The first-order valence-electron chi connectivity index (χ1n) is 6.35. The molecule has 1 N–H and O–H groups in total. The molecule has 0 aromatic rings. The zero-order valence-electron chi connectivity index (χ0n) is 11.2. The van der Waals surface area contributed by atoms with Gasteiger partial charge in [0.15, 0.2) is 0 Å². The van der Waals surface area contributed by atoms with Crippen molar-refractivity contribution in [2.75, 3.05) is 33.5 Å². The summed E-state index contributed by atoms with van der Waals surface area (Å²) < 4.78 is 10.4. The zero-order valence-corrected chi connectivity index (χ0v) is 11.2. The molecule has 1 fully saturated rings. The third kappa shape index (κ3) is 4.81. The van der Waals surface area contributed by atoms with Crippen LogP contribution in [0, 0.1) is 11.3 Å². The molecular weight excluding hydrogens is 202 g/mol. The fourth-order valence-corrected chi connectivity index (χ4v) is 2.73. The first kappa shape index (κ1) is 13.9. The highest BCUT2D eigenvalue weighted by Crippen LogP contribution is 2.40. The average Bonchev–Trinajstić information content (AvgIpc) is 2.45. The molecule has 1 saturated carbocycles. The van der Waals surface area contributed by atoms with Crippen molar-refractivity contribution in [2.24, 2.45) is 11.3 Å². The van der Waals surface area contributed by atoms with Gasteiger partial charge >= 0.3 is 0 Å². The standard InChI is InChI=1S/C13H27NO2/c1-11-9-13(2,3)10-12(11)14-5-6-16-8-7-15-4/h11-12,14H,5-10H2,1-4H3/t11-,12+/m0/s1. The monoisotopic (exact) mass is 229 g/mol. The number of nitrogens with one attached hydrogen (secondary N) is 1. The van der Waals surface area contributed by atoms with Crippen molar-refractivity contribution in [1.29, 1.82) is 0 Å².